The van der Waals surface area contributed by atoms with Crippen LogP contribution in [0.3, 0.4) is 0 Å². The summed E-state index contributed by atoms with van der Waals surface area (Å²) in [5, 5.41) is 7.78. The molecule has 4 rings (SSSR count). The molecule has 0 aliphatic carbocycles. The lowest BCUT2D eigenvalue weighted by Gasteiger charge is -2.26. The van der Waals surface area contributed by atoms with E-state index < -0.39 is 21.7 Å². The molecule has 1 aromatic heterocycles. The lowest BCUT2D eigenvalue weighted by Crippen LogP contribution is -2.37. The molecule has 11 heteroatoms. The van der Waals surface area contributed by atoms with Crippen molar-refractivity contribution in [3.63, 3.8) is 0 Å². The second kappa shape index (κ2) is 11.0. The van der Waals surface area contributed by atoms with Gasteiger partial charge in [0.15, 0.2) is 17.2 Å². The molecule has 3 aromatic rings. The maximum atomic E-state index is 13.1. The Morgan fingerprint density at radius 2 is 1.94 bits per heavy atom. The smallest absolute Gasteiger partial charge is 0.322 e. The number of ether oxygens (including phenoxy) is 2. The quantitative estimate of drug-likeness (QED) is 0.401. The number of nitrogens with two attached hydrogens (primary N) is 1. The third-order valence-corrected chi connectivity index (χ3v) is 7.63. The van der Waals surface area contributed by atoms with Crippen LogP contribution in [0.4, 0.5) is 11.5 Å². The summed E-state index contributed by atoms with van der Waals surface area (Å²) in [5.41, 5.74) is 7.87. The molecule has 2 heterocycles. The maximum Gasteiger partial charge on any atom is 0.322 e. The predicted octanol–water partition coefficient (Wildman–Crippen LogP) is 2.48. The van der Waals surface area contributed by atoms with Gasteiger partial charge in [-0.25, -0.2) is 8.42 Å². The number of anilines is 2. The average Bonchev–Trinajstić information content (AvgIpc) is 3.23. The molecule has 0 radical (unpaired) electrons. The number of hydrogen-bond donors (Lipinski definition) is 2. The number of esters is 1. The van der Waals surface area contributed by atoms with Crippen LogP contribution >= 0.6 is 0 Å². The number of piperidine rings is 1. The zero-order valence-electron chi connectivity index (χ0n) is 19.6. The van der Waals surface area contributed by atoms with Crippen LogP contribution in [0.25, 0.3) is 11.0 Å². The SMILES string of the molecule is COC(=O)CS(=O)(=O)N(CCCc1ccc2onc(N)c2c1)c1ccc(OC2CCNCC2)cc1. The van der Waals surface area contributed by atoms with Crippen molar-refractivity contribution in [2.75, 3.05) is 42.5 Å². The van der Waals surface area contributed by atoms with E-state index in [1.807, 2.05) is 12.1 Å². The van der Waals surface area contributed by atoms with E-state index in [1.165, 1.54) is 11.4 Å². The van der Waals surface area contributed by atoms with E-state index in [-0.39, 0.29) is 12.6 Å². The fourth-order valence-corrected chi connectivity index (χ4v) is 5.52. The molecule has 1 aliphatic rings. The molecule has 1 saturated heterocycles. The highest BCUT2D eigenvalue weighted by Gasteiger charge is 2.26. The van der Waals surface area contributed by atoms with E-state index in [9.17, 15) is 13.2 Å². The summed E-state index contributed by atoms with van der Waals surface area (Å²) in [7, 11) is -2.78. The first kappa shape index (κ1) is 24.8. The largest absolute Gasteiger partial charge is 0.490 e. The Bertz CT molecular complexity index is 1250. The van der Waals surface area contributed by atoms with Gasteiger partial charge >= 0.3 is 5.97 Å². The van der Waals surface area contributed by atoms with E-state index in [2.05, 4.69) is 15.2 Å². The molecule has 35 heavy (non-hydrogen) atoms. The van der Waals surface area contributed by atoms with E-state index in [1.54, 1.807) is 30.3 Å². The summed E-state index contributed by atoms with van der Waals surface area (Å²) in [6, 6.07) is 12.5. The third-order valence-electron chi connectivity index (χ3n) is 5.97. The Balaban J connectivity index is 1.48. The number of rotatable bonds is 10. The van der Waals surface area contributed by atoms with Crippen molar-refractivity contribution < 1.29 is 27.2 Å². The first-order valence-electron chi connectivity index (χ1n) is 11.5. The fraction of sp³-hybridized carbons (Fsp3) is 0.417. The average molecular weight is 503 g/mol. The Kier molecular flexibility index (Phi) is 7.76. The first-order chi connectivity index (χ1) is 16.9. The van der Waals surface area contributed by atoms with Crippen molar-refractivity contribution in [2.24, 2.45) is 0 Å². The highest BCUT2D eigenvalue weighted by atomic mass is 32.2. The van der Waals surface area contributed by atoms with Crippen molar-refractivity contribution in [3.05, 3.63) is 48.0 Å². The summed E-state index contributed by atoms with van der Waals surface area (Å²) < 4.78 is 43.2. The van der Waals surface area contributed by atoms with Crippen molar-refractivity contribution in [2.45, 2.75) is 31.8 Å². The molecule has 2 aromatic carbocycles. The molecular formula is C24H30N4O6S. The van der Waals surface area contributed by atoms with Crippen LogP contribution in [0.5, 0.6) is 5.75 Å². The van der Waals surface area contributed by atoms with Crippen LogP contribution in [0.2, 0.25) is 0 Å². The van der Waals surface area contributed by atoms with Gasteiger partial charge < -0.3 is 25.0 Å². The van der Waals surface area contributed by atoms with Gasteiger partial charge in [-0.1, -0.05) is 11.2 Å². The lowest BCUT2D eigenvalue weighted by atomic mass is 10.1. The van der Waals surface area contributed by atoms with Crippen LogP contribution in [-0.4, -0.2) is 58.1 Å². The molecule has 0 atom stereocenters. The second-order valence-electron chi connectivity index (χ2n) is 8.47. The number of carbonyl (C=O) groups excluding carboxylic acids is 1. The summed E-state index contributed by atoms with van der Waals surface area (Å²) in [6.45, 7) is 2.02. The van der Waals surface area contributed by atoms with E-state index in [0.717, 1.165) is 36.9 Å². The molecule has 0 amide bonds. The fourth-order valence-electron chi connectivity index (χ4n) is 4.10. The number of nitrogen functional groups attached to an aromatic ring is 1. The molecular weight excluding hydrogens is 472 g/mol. The summed E-state index contributed by atoms with van der Waals surface area (Å²) in [4.78, 5) is 11.8. The molecule has 1 fully saturated rings. The van der Waals surface area contributed by atoms with Gasteiger partial charge in [0.05, 0.1) is 18.2 Å². The molecule has 188 valence electrons. The minimum absolute atomic E-state index is 0.137. The van der Waals surface area contributed by atoms with Crippen molar-refractivity contribution in [1.82, 2.24) is 10.5 Å². The number of benzene rings is 2. The molecule has 1 aliphatic heterocycles. The Morgan fingerprint density at radius 3 is 2.66 bits per heavy atom. The third kappa shape index (κ3) is 6.23. The topological polar surface area (TPSA) is 137 Å². The van der Waals surface area contributed by atoms with Gasteiger partial charge in [-0.05, 0) is 80.7 Å². The minimum Gasteiger partial charge on any atom is -0.490 e. The standard InChI is InChI=1S/C24H30N4O6S/c1-32-23(29)16-35(30,31)28(14-2-3-17-4-9-22-21(15-17)24(25)27-34-22)18-5-7-19(8-6-18)33-20-10-12-26-13-11-20/h4-9,15,20,26H,2-3,10-14,16H2,1H3,(H2,25,27). The van der Waals surface area contributed by atoms with E-state index in [0.29, 0.717) is 35.7 Å². The number of methoxy groups -OCH3 is 1. The second-order valence-corrected chi connectivity index (χ2v) is 10.4. The van der Waals surface area contributed by atoms with Crippen LogP contribution < -0.4 is 20.1 Å². The molecule has 3 N–H and O–H groups in total. The Hall–Kier alpha value is -3.31. The number of hydrogen-bond acceptors (Lipinski definition) is 9. The van der Waals surface area contributed by atoms with Gasteiger partial charge in [0, 0.05) is 6.54 Å². The van der Waals surface area contributed by atoms with Crippen LogP contribution in [0.1, 0.15) is 24.8 Å². The number of fused-ring (bicyclic) bond motifs is 1. The van der Waals surface area contributed by atoms with Gasteiger partial charge in [-0.2, -0.15) is 0 Å². The van der Waals surface area contributed by atoms with Crippen molar-refractivity contribution >= 4 is 38.5 Å². The summed E-state index contributed by atoms with van der Waals surface area (Å²) >= 11 is 0. The first-order valence-corrected chi connectivity index (χ1v) is 13.1. The molecule has 0 unspecified atom stereocenters. The lowest BCUT2D eigenvalue weighted by molar-refractivity contribution is -0.137. The maximum absolute atomic E-state index is 13.1. The number of carbonyl (C=O) groups is 1. The molecule has 0 bridgehead atoms. The normalized spacial score (nSPS) is 14.7. The zero-order valence-corrected chi connectivity index (χ0v) is 20.4. The van der Waals surface area contributed by atoms with Gasteiger partial charge in [-0.15, -0.1) is 0 Å². The molecule has 0 spiro atoms. The van der Waals surface area contributed by atoms with Gasteiger partial charge in [0.2, 0.25) is 10.0 Å². The number of sulfonamides is 1. The van der Waals surface area contributed by atoms with E-state index >= 15 is 0 Å². The van der Waals surface area contributed by atoms with Gasteiger partial charge in [0.25, 0.3) is 0 Å². The van der Waals surface area contributed by atoms with Crippen molar-refractivity contribution in [3.8, 4) is 5.75 Å². The number of aryl methyl sites for hydroxylation is 1. The number of aromatic nitrogens is 1. The summed E-state index contributed by atoms with van der Waals surface area (Å²) in [5.74, 6) is -0.546. The van der Waals surface area contributed by atoms with Gasteiger partial charge in [0.1, 0.15) is 11.9 Å². The highest BCUT2D eigenvalue weighted by molar-refractivity contribution is 7.93. The highest BCUT2D eigenvalue weighted by Crippen LogP contribution is 2.26. The van der Waals surface area contributed by atoms with Crippen LogP contribution in [-0.2, 0) is 26.0 Å². The van der Waals surface area contributed by atoms with E-state index in [4.69, 9.17) is 15.0 Å². The predicted molar refractivity (Wildman–Crippen MR) is 133 cm³/mol. The van der Waals surface area contributed by atoms with Crippen LogP contribution in [0, 0.1) is 0 Å². The Labute approximate surface area is 204 Å². The monoisotopic (exact) mass is 502 g/mol. The number of nitrogens with one attached hydrogen (secondary N) is 1. The van der Waals surface area contributed by atoms with Crippen LogP contribution in [0.15, 0.2) is 47.0 Å². The Morgan fingerprint density at radius 1 is 1.20 bits per heavy atom. The summed E-state index contributed by atoms with van der Waals surface area (Å²) in [6.07, 6.45) is 3.10. The minimum atomic E-state index is -3.95. The molecule has 10 nitrogen and oxygen atoms in total. The zero-order chi connectivity index (χ0) is 24.8. The number of nitrogens with zero attached hydrogens (tertiary/aromatic N) is 2. The molecule has 0 saturated carbocycles. The van der Waals surface area contributed by atoms with Gasteiger partial charge in [-0.3, -0.25) is 9.10 Å². The van der Waals surface area contributed by atoms with Crippen molar-refractivity contribution in [1.29, 1.82) is 0 Å².